The summed E-state index contributed by atoms with van der Waals surface area (Å²) in [5.41, 5.74) is 0.961. The van der Waals surface area contributed by atoms with Crippen LogP contribution in [0.5, 0.6) is 0 Å². The summed E-state index contributed by atoms with van der Waals surface area (Å²) in [6.07, 6.45) is 5.58. The Labute approximate surface area is 119 Å². The molecule has 1 aromatic rings. The van der Waals surface area contributed by atoms with Crippen LogP contribution in [0.1, 0.15) is 38.7 Å². The van der Waals surface area contributed by atoms with Gasteiger partial charge < -0.3 is 10.0 Å². The molecule has 20 heavy (non-hydrogen) atoms. The Morgan fingerprint density at radius 2 is 2.00 bits per heavy atom. The number of carboxylic acid groups (broad SMARTS) is 1. The zero-order chi connectivity index (χ0) is 15.0. The lowest BCUT2D eigenvalue weighted by Crippen LogP contribution is -2.36. The molecular formula is C15H22N2O3. The standard InChI is InChI=1S/C15H22N2O3/c1-3-4-5-14(18)17(10-12(2)15(19)20)11-13-6-8-16-9-7-13/h6-9,12H,3-5,10-11H2,1-2H3,(H,19,20). The van der Waals surface area contributed by atoms with Gasteiger partial charge >= 0.3 is 5.97 Å². The first kappa shape index (κ1) is 16.1. The zero-order valence-corrected chi connectivity index (χ0v) is 12.1. The van der Waals surface area contributed by atoms with E-state index >= 15 is 0 Å². The predicted molar refractivity (Wildman–Crippen MR) is 76.0 cm³/mol. The van der Waals surface area contributed by atoms with Gasteiger partial charge in [-0.1, -0.05) is 20.3 Å². The minimum absolute atomic E-state index is 0.0109. The number of hydrogen-bond acceptors (Lipinski definition) is 3. The molecule has 1 heterocycles. The fraction of sp³-hybridized carbons (Fsp3) is 0.533. The molecule has 1 rings (SSSR count). The average Bonchev–Trinajstić information content (AvgIpc) is 2.44. The van der Waals surface area contributed by atoms with Gasteiger partial charge in [0.15, 0.2) is 0 Å². The first-order valence-electron chi connectivity index (χ1n) is 6.94. The van der Waals surface area contributed by atoms with E-state index in [2.05, 4.69) is 4.98 Å². The highest BCUT2D eigenvalue weighted by molar-refractivity contribution is 5.77. The van der Waals surface area contributed by atoms with Gasteiger partial charge in [-0.2, -0.15) is 0 Å². The van der Waals surface area contributed by atoms with Crippen LogP contribution >= 0.6 is 0 Å². The highest BCUT2D eigenvalue weighted by atomic mass is 16.4. The summed E-state index contributed by atoms with van der Waals surface area (Å²) in [6, 6.07) is 3.68. The van der Waals surface area contributed by atoms with Gasteiger partial charge in [-0.15, -0.1) is 0 Å². The van der Waals surface area contributed by atoms with Crippen LogP contribution < -0.4 is 0 Å². The first-order valence-corrected chi connectivity index (χ1v) is 6.94. The molecule has 0 spiro atoms. The van der Waals surface area contributed by atoms with Crippen molar-refractivity contribution in [3.8, 4) is 0 Å². The molecule has 0 aliphatic carbocycles. The Kier molecular flexibility index (Phi) is 6.70. The number of aromatic nitrogens is 1. The normalized spacial score (nSPS) is 11.9. The maximum absolute atomic E-state index is 12.2. The van der Waals surface area contributed by atoms with Gasteiger partial charge in [-0.05, 0) is 24.1 Å². The fourth-order valence-corrected chi connectivity index (χ4v) is 1.86. The highest BCUT2D eigenvalue weighted by Gasteiger charge is 2.20. The van der Waals surface area contributed by atoms with Gasteiger partial charge in [-0.3, -0.25) is 14.6 Å². The minimum Gasteiger partial charge on any atom is -0.481 e. The number of hydrogen-bond donors (Lipinski definition) is 1. The number of unbranched alkanes of at least 4 members (excludes halogenated alkanes) is 1. The number of carboxylic acids is 1. The number of pyridine rings is 1. The van der Waals surface area contributed by atoms with E-state index in [0.717, 1.165) is 18.4 Å². The molecule has 1 amide bonds. The van der Waals surface area contributed by atoms with E-state index in [1.54, 1.807) is 24.2 Å². The van der Waals surface area contributed by atoms with Crippen molar-refractivity contribution < 1.29 is 14.7 Å². The number of nitrogens with zero attached hydrogens (tertiary/aromatic N) is 2. The van der Waals surface area contributed by atoms with Gasteiger partial charge in [0.05, 0.1) is 5.92 Å². The summed E-state index contributed by atoms with van der Waals surface area (Å²) in [5, 5.41) is 9.01. The van der Waals surface area contributed by atoms with Gasteiger partial charge in [0.2, 0.25) is 5.91 Å². The summed E-state index contributed by atoms with van der Waals surface area (Å²) in [6.45, 7) is 4.32. The molecule has 5 heteroatoms. The molecule has 5 nitrogen and oxygen atoms in total. The number of rotatable bonds is 8. The van der Waals surface area contributed by atoms with Crippen LogP contribution in [-0.2, 0) is 16.1 Å². The molecule has 0 saturated heterocycles. The number of carbonyl (C=O) groups is 2. The Bertz CT molecular complexity index is 434. The van der Waals surface area contributed by atoms with Crippen LogP contribution in [0.3, 0.4) is 0 Å². The lowest BCUT2D eigenvalue weighted by molar-refractivity contribution is -0.143. The molecule has 0 aromatic carbocycles. The van der Waals surface area contributed by atoms with Gasteiger partial charge in [0.1, 0.15) is 0 Å². The summed E-state index contributed by atoms with van der Waals surface area (Å²) >= 11 is 0. The monoisotopic (exact) mass is 278 g/mol. The van der Waals surface area contributed by atoms with Crippen molar-refractivity contribution in [3.63, 3.8) is 0 Å². The maximum Gasteiger partial charge on any atom is 0.308 e. The van der Waals surface area contributed by atoms with Crippen molar-refractivity contribution in [3.05, 3.63) is 30.1 Å². The molecule has 0 fully saturated rings. The summed E-state index contributed by atoms with van der Waals surface area (Å²) in [5.74, 6) is -1.44. The van der Waals surface area contributed by atoms with E-state index in [1.165, 1.54) is 0 Å². The van der Waals surface area contributed by atoms with Crippen molar-refractivity contribution in [1.29, 1.82) is 0 Å². The molecule has 0 bridgehead atoms. The highest BCUT2D eigenvalue weighted by Crippen LogP contribution is 2.10. The molecule has 110 valence electrons. The predicted octanol–water partition coefficient (Wildman–Crippen LogP) is 2.32. The number of carbonyl (C=O) groups excluding carboxylic acids is 1. The first-order chi connectivity index (χ1) is 9.54. The third-order valence-electron chi connectivity index (χ3n) is 3.14. The zero-order valence-electron chi connectivity index (χ0n) is 12.1. The quantitative estimate of drug-likeness (QED) is 0.792. The minimum atomic E-state index is -0.881. The van der Waals surface area contributed by atoms with Crippen LogP contribution in [-0.4, -0.2) is 33.4 Å². The molecule has 1 atom stereocenters. The maximum atomic E-state index is 12.2. The molecule has 0 radical (unpaired) electrons. The Hall–Kier alpha value is -1.91. The average molecular weight is 278 g/mol. The van der Waals surface area contributed by atoms with Gasteiger partial charge in [-0.25, -0.2) is 0 Å². The van der Waals surface area contributed by atoms with Crippen LogP contribution in [0.25, 0.3) is 0 Å². The second-order valence-electron chi connectivity index (χ2n) is 4.97. The van der Waals surface area contributed by atoms with Gasteiger partial charge in [0, 0.05) is 31.9 Å². The third-order valence-corrected chi connectivity index (χ3v) is 3.14. The lowest BCUT2D eigenvalue weighted by Gasteiger charge is -2.24. The Morgan fingerprint density at radius 1 is 1.35 bits per heavy atom. The SMILES string of the molecule is CCCCC(=O)N(Cc1ccncc1)CC(C)C(=O)O. The molecule has 1 N–H and O–H groups in total. The molecule has 1 aromatic heterocycles. The van der Waals surface area contributed by atoms with Crippen LogP contribution in [0.4, 0.5) is 0 Å². The van der Waals surface area contributed by atoms with Crippen LogP contribution in [0.15, 0.2) is 24.5 Å². The van der Waals surface area contributed by atoms with E-state index in [1.807, 2.05) is 19.1 Å². The Balaban J connectivity index is 2.73. The van der Waals surface area contributed by atoms with Crippen molar-refractivity contribution in [2.45, 2.75) is 39.7 Å². The molecule has 0 aliphatic heterocycles. The van der Waals surface area contributed by atoms with Crippen molar-refractivity contribution >= 4 is 11.9 Å². The van der Waals surface area contributed by atoms with Crippen LogP contribution in [0, 0.1) is 5.92 Å². The smallest absolute Gasteiger partial charge is 0.308 e. The molecular weight excluding hydrogens is 256 g/mol. The van der Waals surface area contributed by atoms with Gasteiger partial charge in [0.25, 0.3) is 0 Å². The van der Waals surface area contributed by atoms with E-state index < -0.39 is 11.9 Å². The second kappa shape index (κ2) is 8.30. The summed E-state index contributed by atoms with van der Waals surface area (Å²) in [4.78, 5) is 28.7. The largest absolute Gasteiger partial charge is 0.481 e. The van der Waals surface area contributed by atoms with Crippen molar-refractivity contribution in [2.24, 2.45) is 5.92 Å². The Morgan fingerprint density at radius 3 is 2.55 bits per heavy atom. The fourth-order valence-electron chi connectivity index (χ4n) is 1.86. The van der Waals surface area contributed by atoms with E-state index in [4.69, 9.17) is 5.11 Å². The molecule has 0 aliphatic rings. The van der Waals surface area contributed by atoms with Crippen LogP contribution in [0.2, 0.25) is 0 Å². The second-order valence-corrected chi connectivity index (χ2v) is 4.97. The molecule has 0 saturated carbocycles. The third kappa shape index (κ3) is 5.38. The topological polar surface area (TPSA) is 70.5 Å². The van der Waals surface area contributed by atoms with E-state index in [-0.39, 0.29) is 12.5 Å². The summed E-state index contributed by atoms with van der Waals surface area (Å²) < 4.78 is 0. The lowest BCUT2D eigenvalue weighted by atomic mass is 10.1. The van der Waals surface area contributed by atoms with Crippen molar-refractivity contribution in [2.75, 3.05) is 6.54 Å². The summed E-state index contributed by atoms with van der Waals surface area (Å²) in [7, 11) is 0. The van der Waals surface area contributed by atoms with Crippen molar-refractivity contribution in [1.82, 2.24) is 9.88 Å². The van der Waals surface area contributed by atoms with E-state index in [0.29, 0.717) is 13.0 Å². The number of aliphatic carboxylic acids is 1. The van der Waals surface area contributed by atoms with E-state index in [9.17, 15) is 9.59 Å². The number of amides is 1. The molecule has 1 unspecified atom stereocenters.